The van der Waals surface area contributed by atoms with Gasteiger partial charge in [-0.15, -0.1) is 0 Å². The molecule has 1 aromatic carbocycles. The second-order valence-corrected chi connectivity index (χ2v) is 6.66. The Hall–Kier alpha value is -0.520. The number of hydrogen-bond acceptors (Lipinski definition) is 3. The summed E-state index contributed by atoms with van der Waals surface area (Å²) in [5.41, 5.74) is 5.59. The summed E-state index contributed by atoms with van der Waals surface area (Å²) in [5, 5.41) is 0. The lowest BCUT2D eigenvalue weighted by Crippen LogP contribution is -2.37. The molecule has 0 bridgehead atoms. The van der Waals surface area contributed by atoms with Gasteiger partial charge in [0, 0.05) is 8.95 Å². The van der Waals surface area contributed by atoms with E-state index in [4.69, 9.17) is 5.73 Å². The van der Waals surface area contributed by atoms with E-state index in [0.29, 0.717) is 4.47 Å². The molecular formula is C8H8Br2F3N3O2S. The van der Waals surface area contributed by atoms with Gasteiger partial charge < -0.3 is 5.73 Å². The minimum atomic E-state index is -4.64. The summed E-state index contributed by atoms with van der Waals surface area (Å²) in [6, 6.07) is 2.91. The number of rotatable bonds is 4. The molecule has 5 nitrogen and oxygen atoms in total. The number of anilines is 2. The number of nitrogen functional groups attached to an aromatic ring is 1. The van der Waals surface area contributed by atoms with Gasteiger partial charge in [0.05, 0.1) is 11.4 Å². The molecule has 0 unspecified atom stereocenters. The molecule has 0 atom stereocenters. The number of hydrogen-bond donors (Lipinski definition) is 3. The second kappa shape index (κ2) is 5.85. The Kier molecular flexibility index (Phi) is 5.09. The van der Waals surface area contributed by atoms with Gasteiger partial charge in [-0.05, 0) is 28.1 Å². The first-order valence-electron chi connectivity index (χ1n) is 4.59. The van der Waals surface area contributed by atoms with Crippen LogP contribution in [0, 0.1) is 0 Å². The van der Waals surface area contributed by atoms with Crippen molar-refractivity contribution in [3.8, 4) is 0 Å². The Morgan fingerprint density at radius 1 is 1.26 bits per heavy atom. The number of nitrogens with one attached hydrogen (secondary N) is 2. The number of alkyl halides is 3. The predicted octanol–water partition coefficient (Wildman–Crippen LogP) is 2.60. The van der Waals surface area contributed by atoms with Crippen molar-refractivity contribution in [2.75, 3.05) is 17.0 Å². The van der Waals surface area contributed by atoms with Crippen LogP contribution in [0.15, 0.2) is 21.1 Å². The molecule has 11 heteroatoms. The highest BCUT2D eigenvalue weighted by Crippen LogP contribution is 2.33. The van der Waals surface area contributed by atoms with Crippen molar-refractivity contribution in [1.82, 2.24) is 4.72 Å². The molecule has 0 aliphatic carbocycles. The normalized spacial score (nSPS) is 12.5. The topological polar surface area (TPSA) is 84.2 Å². The Bertz CT molecular complexity index is 554. The van der Waals surface area contributed by atoms with Crippen LogP contribution in [-0.2, 0) is 10.2 Å². The molecule has 4 N–H and O–H groups in total. The quantitative estimate of drug-likeness (QED) is 0.647. The van der Waals surface area contributed by atoms with E-state index in [1.807, 2.05) is 4.72 Å². The van der Waals surface area contributed by atoms with Crippen molar-refractivity contribution in [3.05, 3.63) is 21.1 Å². The summed E-state index contributed by atoms with van der Waals surface area (Å²) in [6.45, 7) is -1.67. The minimum Gasteiger partial charge on any atom is -0.397 e. The zero-order valence-corrected chi connectivity index (χ0v) is 13.0. The second-order valence-electron chi connectivity index (χ2n) is 3.39. The fourth-order valence-electron chi connectivity index (χ4n) is 1.05. The van der Waals surface area contributed by atoms with Gasteiger partial charge in [0.2, 0.25) is 0 Å². The van der Waals surface area contributed by atoms with Gasteiger partial charge in [0.1, 0.15) is 6.54 Å². The van der Waals surface area contributed by atoms with Crippen LogP contribution in [0.3, 0.4) is 0 Å². The van der Waals surface area contributed by atoms with Crippen molar-refractivity contribution in [2.45, 2.75) is 6.18 Å². The van der Waals surface area contributed by atoms with Crippen molar-refractivity contribution >= 4 is 53.4 Å². The third kappa shape index (κ3) is 5.55. The van der Waals surface area contributed by atoms with E-state index < -0.39 is 22.9 Å². The Balaban J connectivity index is 2.90. The van der Waals surface area contributed by atoms with Crippen LogP contribution in [0.25, 0.3) is 0 Å². The van der Waals surface area contributed by atoms with Gasteiger partial charge in [-0.2, -0.15) is 26.3 Å². The van der Waals surface area contributed by atoms with Crippen molar-refractivity contribution < 1.29 is 21.6 Å². The maximum Gasteiger partial charge on any atom is 0.402 e. The molecule has 19 heavy (non-hydrogen) atoms. The third-order valence-electron chi connectivity index (χ3n) is 1.78. The van der Waals surface area contributed by atoms with Gasteiger partial charge in [-0.25, -0.2) is 0 Å². The molecule has 108 valence electrons. The molecule has 1 rings (SSSR count). The summed E-state index contributed by atoms with van der Waals surface area (Å²) in [4.78, 5) is 0. The maximum absolute atomic E-state index is 11.9. The lowest BCUT2D eigenvalue weighted by atomic mass is 10.3. The zero-order valence-electron chi connectivity index (χ0n) is 9.05. The molecular weight excluding hydrogens is 419 g/mol. The van der Waals surface area contributed by atoms with E-state index in [9.17, 15) is 21.6 Å². The lowest BCUT2D eigenvalue weighted by molar-refractivity contribution is -0.121. The van der Waals surface area contributed by atoms with Crippen LogP contribution in [0.5, 0.6) is 0 Å². The van der Waals surface area contributed by atoms with Gasteiger partial charge in [-0.3, -0.25) is 4.72 Å². The van der Waals surface area contributed by atoms with Crippen molar-refractivity contribution in [1.29, 1.82) is 0 Å². The number of benzene rings is 1. The molecule has 0 saturated heterocycles. The molecule has 0 saturated carbocycles. The highest BCUT2D eigenvalue weighted by molar-refractivity contribution is 9.11. The van der Waals surface area contributed by atoms with Crippen LogP contribution in [0.2, 0.25) is 0 Å². The van der Waals surface area contributed by atoms with E-state index >= 15 is 0 Å². The average molecular weight is 427 g/mol. The van der Waals surface area contributed by atoms with Crippen LogP contribution in [-0.4, -0.2) is 21.1 Å². The highest BCUT2D eigenvalue weighted by Gasteiger charge is 2.29. The molecule has 0 heterocycles. The molecule has 0 aliphatic rings. The molecule has 0 spiro atoms. The predicted molar refractivity (Wildman–Crippen MR) is 72.9 cm³/mol. The summed E-state index contributed by atoms with van der Waals surface area (Å²) in [5.74, 6) is 0. The number of nitrogens with two attached hydrogens (primary N) is 1. The maximum atomic E-state index is 11.9. The first-order valence-corrected chi connectivity index (χ1v) is 7.66. The van der Waals surface area contributed by atoms with Crippen LogP contribution >= 0.6 is 31.9 Å². The summed E-state index contributed by atoms with van der Waals surface area (Å²) in [7, 11) is -4.37. The molecule has 0 aromatic heterocycles. The molecule has 0 fully saturated rings. The third-order valence-corrected chi connectivity index (χ3v) is 3.87. The zero-order chi connectivity index (χ0) is 14.8. The Morgan fingerprint density at radius 3 is 2.32 bits per heavy atom. The summed E-state index contributed by atoms with van der Waals surface area (Å²) in [6.07, 6.45) is -4.64. The van der Waals surface area contributed by atoms with Crippen LogP contribution < -0.4 is 15.2 Å². The molecule has 0 amide bonds. The van der Waals surface area contributed by atoms with E-state index in [-0.39, 0.29) is 15.8 Å². The lowest BCUT2D eigenvalue weighted by Gasteiger charge is -2.14. The monoisotopic (exact) mass is 425 g/mol. The Morgan fingerprint density at radius 2 is 1.84 bits per heavy atom. The fraction of sp³-hybridized carbons (Fsp3) is 0.250. The van der Waals surface area contributed by atoms with Gasteiger partial charge in [0.15, 0.2) is 0 Å². The first kappa shape index (κ1) is 16.5. The molecule has 0 radical (unpaired) electrons. The number of halogens is 5. The van der Waals surface area contributed by atoms with Crippen molar-refractivity contribution in [3.63, 3.8) is 0 Å². The SMILES string of the molecule is Nc1cc(Br)cc(Br)c1NS(=O)(=O)NCC(F)(F)F. The summed E-state index contributed by atoms with van der Waals surface area (Å²) < 4.78 is 62.8. The molecule has 0 aliphatic heterocycles. The van der Waals surface area contributed by atoms with Crippen LogP contribution in [0.4, 0.5) is 24.5 Å². The smallest absolute Gasteiger partial charge is 0.397 e. The highest BCUT2D eigenvalue weighted by atomic mass is 79.9. The summed E-state index contributed by atoms with van der Waals surface area (Å²) >= 11 is 6.19. The van der Waals surface area contributed by atoms with E-state index in [1.165, 1.54) is 16.9 Å². The minimum absolute atomic E-state index is 0.0436. The van der Waals surface area contributed by atoms with E-state index in [0.717, 1.165) is 0 Å². The standard InChI is InChI=1S/C8H8Br2F3N3O2S/c9-4-1-5(10)7(6(14)2-4)16-19(17,18)15-3-8(11,12)13/h1-2,15-16H,3,14H2. The molecule has 1 aromatic rings. The van der Waals surface area contributed by atoms with Gasteiger partial charge >= 0.3 is 6.18 Å². The van der Waals surface area contributed by atoms with E-state index in [2.05, 4.69) is 31.9 Å². The average Bonchev–Trinajstić information content (AvgIpc) is 2.20. The first-order chi connectivity index (χ1) is 8.50. The van der Waals surface area contributed by atoms with Crippen LogP contribution in [0.1, 0.15) is 0 Å². The van der Waals surface area contributed by atoms with Crippen molar-refractivity contribution in [2.24, 2.45) is 0 Å². The largest absolute Gasteiger partial charge is 0.402 e. The van der Waals surface area contributed by atoms with Gasteiger partial charge in [-0.1, -0.05) is 15.9 Å². The fourth-order valence-corrected chi connectivity index (χ4v) is 3.46. The Labute approximate surface area is 124 Å². The van der Waals surface area contributed by atoms with Gasteiger partial charge in [0.25, 0.3) is 10.2 Å². The van der Waals surface area contributed by atoms with E-state index in [1.54, 1.807) is 0 Å².